The normalized spacial score (nSPS) is 14.0. The summed E-state index contributed by atoms with van der Waals surface area (Å²) in [6.45, 7) is 4.02. The van der Waals surface area contributed by atoms with E-state index in [0.717, 1.165) is 23.0 Å². The van der Waals surface area contributed by atoms with E-state index in [1.54, 1.807) is 34.9 Å². The minimum absolute atomic E-state index is 0.0182. The SMILES string of the molecule is CC1(C)c2ccccc2-n2c1cc1oc(=O)c(Sc3cccc(Cl)c3)c(O)c1c2=O. The van der Waals surface area contributed by atoms with Gasteiger partial charge in [-0.05, 0) is 29.8 Å². The molecule has 0 spiro atoms. The molecule has 1 aliphatic rings. The highest BCUT2D eigenvalue weighted by molar-refractivity contribution is 7.99. The van der Waals surface area contributed by atoms with Gasteiger partial charge in [0.15, 0.2) is 5.75 Å². The Morgan fingerprint density at radius 1 is 1.07 bits per heavy atom. The Kier molecular flexibility index (Phi) is 4.14. The van der Waals surface area contributed by atoms with Crippen LogP contribution in [0.25, 0.3) is 16.7 Å². The Morgan fingerprint density at radius 3 is 2.60 bits per heavy atom. The molecule has 5 nitrogen and oxygen atoms in total. The van der Waals surface area contributed by atoms with Gasteiger partial charge in [0.1, 0.15) is 15.9 Å². The predicted octanol–water partition coefficient (Wildman–Crippen LogP) is 5.09. The van der Waals surface area contributed by atoms with Crippen molar-refractivity contribution < 1.29 is 9.52 Å². The van der Waals surface area contributed by atoms with Crippen LogP contribution in [0.4, 0.5) is 0 Å². The molecule has 0 atom stereocenters. The van der Waals surface area contributed by atoms with Crippen molar-refractivity contribution in [2.75, 3.05) is 0 Å². The second kappa shape index (κ2) is 6.52. The van der Waals surface area contributed by atoms with Crippen LogP contribution in [0.1, 0.15) is 25.1 Å². The molecule has 150 valence electrons. The second-order valence-corrected chi connectivity index (χ2v) is 9.20. The van der Waals surface area contributed by atoms with Crippen molar-refractivity contribution in [2.45, 2.75) is 29.1 Å². The number of rotatable bonds is 2. The minimum atomic E-state index is -0.706. The Balaban J connectivity index is 1.80. The Labute approximate surface area is 180 Å². The van der Waals surface area contributed by atoms with Gasteiger partial charge < -0.3 is 9.52 Å². The van der Waals surface area contributed by atoms with Crippen LogP contribution in [0, 0.1) is 0 Å². The summed E-state index contributed by atoms with van der Waals surface area (Å²) in [5, 5.41) is 11.4. The fraction of sp³-hybridized carbons (Fsp3) is 0.130. The van der Waals surface area contributed by atoms with E-state index in [4.69, 9.17) is 16.0 Å². The maximum atomic E-state index is 13.5. The van der Waals surface area contributed by atoms with Crippen LogP contribution < -0.4 is 11.2 Å². The summed E-state index contributed by atoms with van der Waals surface area (Å²) in [5.41, 5.74) is 0.958. The van der Waals surface area contributed by atoms with Crippen LogP contribution in [0.2, 0.25) is 5.02 Å². The number of hydrogen-bond acceptors (Lipinski definition) is 5. The molecule has 7 heteroatoms. The van der Waals surface area contributed by atoms with Crippen molar-refractivity contribution >= 4 is 34.3 Å². The summed E-state index contributed by atoms with van der Waals surface area (Å²) in [7, 11) is 0. The summed E-state index contributed by atoms with van der Waals surface area (Å²) >= 11 is 7.03. The Bertz CT molecular complexity index is 1470. The van der Waals surface area contributed by atoms with Gasteiger partial charge in [0, 0.05) is 27.1 Å². The van der Waals surface area contributed by atoms with Gasteiger partial charge in [0.2, 0.25) is 0 Å². The molecule has 3 heterocycles. The van der Waals surface area contributed by atoms with Crippen LogP contribution in [-0.4, -0.2) is 9.67 Å². The van der Waals surface area contributed by atoms with Gasteiger partial charge in [-0.15, -0.1) is 0 Å². The number of aromatic hydroxyl groups is 1. The first-order valence-corrected chi connectivity index (χ1v) is 10.5. The molecule has 30 heavy (non-hydrogen) atoms. The molecule has 0 amide bonds. The number of halogens is 1. The standard InChI is InChI=1S/C23H16ClNO4S/c1-23(2)14-8-3-4-9-15(14)25-17(23)11-16-18(21(25)27)19(26)20(22(28)29-16)30-13-7-5-6-12(24)10-13/h3-11,26H,1-2H3. The monoisotopic (exact) mass is 437 g/mol. The number of benzene rings is 2. The van der Waals surface area contributed by atoms with Gasteiger partial charge in [0.25, 0.3) is 5.56 Å². The van der Waals surface area contributed by atoms with Gasteiger partial charge in [-0.2, -0.15) is 0 Å². The first kappa shape index (κ1) is 19.0. The highest BCUT2D eigenvalue weighted by Gasteiger charge is 2.37. The van der Waals surface area contributed by atoms with Crippen molar-refractivity contribution in [1.29, 1.82) is 0 Å². The van der Waals surface area contributed by atoms with Crippen LogP contribution in [0.5, 0.6) is 5.75 Å². The highest BCUT2D eigenvalue weighted by atomic mass is 35.5. The molecule has 0 saturated heterocycles. The molecule has 2 aromatic heterocycles. The van der Waals surface area contributed by atoms with Gasteiger partial charge in [0.05, 0.1) is 5.69 Å². The van der Waals surface area contributed by atoms with Crippen LogP contribution in [-0.2, 0) is 5.41 Å². The van der Waals surface area contributed by atoms with E-state index in [9.17, 15) is 14.7 Å². The van der Waals surface area contributed by atoms with E-state index in [2.05, 4.69) is 0 Å². The average Bonchev–Trinajstić information content (AvgIpc) is 2.93. The third-order valence-electron chi connectivity index (χ3n) is 5.49. The van der Waals surface area contributed by atoms with Crippen molar-refractivity contribution in [3.05, 3.63) is 91.7 Å². The second-order valence-electron chi connectivity index (χ2n) is 7.68. The number of para-hydroxylation sites is 1. The molecule has 0 fully saturated rings. The molecular formula is C23H16ClNO4S. The zero-order valence-corrected chi connectivity index (χ0v) is 17.7. The summed E-state index contributed by atoms with van der Waals surface area (Å²) in [6.07, 6.45) is 0. The van der Waals surface area contributed by atoms with Crippen molar-refractivity contribution in [3.8, 4) is 11.4 Å². The lowest BCUT2D eigenvalue weighted by Gasteiger charge is -2.20. The van der Waals surface area contributed by atoms with Gasteiger partial charge in [-0.3, -0.25) is 9.36 Å². The minimum Gasteiger partial charge on any atom is -0.505 e. The van der Waals surface area contributed by atoms with Gasteiger partial charge in [-0.25, -0.2) is 4.79 Å². The Hall–Kier alpha value is -2.96. The van der Waals surface area contributed by atoms with Crippen molar-refractivity contribution in [3.63, 3.8) is 0 Å². The lowest BCUT2D eigenvalue weighted by Crippen LogP contribution is -2.24. The Morgan fingerprint density at radius 2 is 1.83 bits per heavy atom. The first-order valence-electron chi connectivity index (χ1n) is 9.28. The topological polar surface area (TPSA) is 72.4 Å². The zero-order valence-electron chi connectivity index (χ0n) is 16.1. The van der Waals surface area contributed by atoms with Gasteiger partial charge >= 0.3 is 5.63 Å². The summed E-state index contributed by atoms with van der Waals surface area (Å²) in [5.74, 6) is -0.381. The molecule has 0 radical (unpaired) electrons. The number of fused-ring (bicyclic) bond motifs is 4. The number of aromatic nitrogens is 1. The van der Waals surface area contributed by atoms with Crippen molar-refractivity contribution in [2.24, 2.45) is 0 Å². The highest BCUT2D eigenvalue weighted by Crippen LogP contribution is 2.43. The third kappa shape index (κ3) is 2.64. The van der Waals surface area contributed by atoms with Crippen LogP contribution >= 0.6 is 23.4 Å². The van der Waals surface area contributed by atoms with Crippen LogP contribution in [0.15, 0.2) is 78.4 Å². The van der Waals surface area contributed by atoms with Gasteiger partial charge in [-0.1, -0.05) is 61.5 Å². The predicted molar refractivity (Wildman–Crippen MR) is 117 cm³/mol. The fourth-order valence-corrected chi connectivity index (χ4v) is 5.16. The molecule has 0 saturated carbocycles. The summed E-state index contributed by atoms with van der Waals surface area (Å²) < 4.78 is 7.08. The largest absolute Gasteiger partial charge is 0.505 e. The van der Waals surface area contributed by atoms with E-state index in [1.165, 1.54) is 0 Å². The maximum Gasteiger partial charge on any atom is 0.354 e. The third-order valence-corrected chi connectivity index (χ3v) is 6.78. The fourth-order valence-electron chi connectivity index (χ4n) is 4.01. The quantitative estimate of drug-likeness (QED) is 0.472. The lowest BCUT2D eigenvalue weighted by atomic mass is 9.83. The van der Waals surface area contributed by atoms with E-state index < -0.39 is 16.6 Å². The first-order chi connectivity index (χ1) is 14.3. The average molecular weight is 438 g/mol. The molecule has 4 aromatic rings. The van der Waals surface area contributed by atoms with E-state index in [0.29, 0.717) is 15.6 Å². The zero-order chi connectivity index (χ0) is 21.2. The summed E-state index contributed by atoms with van der Waals surface area (Å²) in [4.78, 5) is 26.7. The number of hydrogen-bond donors (Lipinski definition) is 1. The van der Waals surface area contributed by atoms with Crippen LogP contribution in [0.3, 0.4) is 0 Å². The molecule has 0 unspecified atom stereocenters. The summed E-state index contributed by atoms with van der Waals surface area (Å²) in [6, 6.07) is 16.2. The van der Waals surface area contributed by atoms with E-state index in [-0.39, 0.29) is 21.6 Å². The van der Waals surface area contributed by atoms with Crippen molar-refractivity contribution in [1.82, 2.24) is 4.57 Å². The lowest BCUT2D eigenvalue weighted by molar-refractivity contribution is 0.445. The molecule has 0 aliphatic carbocycles. The smallest absolute Gasteiger partial charge is 0.354 e. The number of nitrogens with zero attached hydrogens (tertiary/aromatic N) is 1. The molecular weight excluding hydrogens is 422 g/mol. The molecule has 5 rings (SSSR count). The maximum absolute atomic E-state index is 13.5. The molecule has 0 bridgehead atoms. The van der Waals surface area contributed by atoms with E-state index in [1.807, 2.05) is 38.1 Å². The molecule has 2 aromatic carbocycles. The molecule has 1 aliphatic heterocycles. The van der Waals surface area contributed by atoms with E-state index >= 15 is 0 Å². The molecule has 1 N–H and O–H groups in total. The number of pyridine rings is 1.